The van der Waals surface area contributed by atoms with Crippen LogP contribution in [0.2, 0.25) is 5.28 Å². The Morgan fingerprint density at radius 1 is 0.911 bits per heavy atom. The third kappa shape index (κ3) is 14.8. The number of hydrogen-bond donors (Lipinski definition) is 1. The number of halogens is 1. The quantitative estimate of drug-likeness (QED) is 0.415. The molecule has 2 aromatic heterocycles. The Kier molecular flexibility index (Phi) is 15.1. The van der Waals surface area contributed by atoms with E-state index in [0.29, 0.717) is 24.4 Å². The highest BCUT2D eigenvalue weighted by molar-refractivity contribution is 6.28. The van der Waals surface area contributed by atoms with Crippen LogP contribution in [-0.2, 0) is 4.74 Å². The fourth-order valence-electron chi connectivity index (χ4n) is 3.19. The molecule has 0 aromatic carbocycles. The number of carbonyl (C=O) groups excluding carboxylic acids is 1. The van der Waals surface area contributed by atoms with E-state index in [4.69, 9.17) is 22.8 Å². The fourth-order valence-corrected chi connectivity index (χ4v) is 3.37. The molecule has 216 valence electrons. The van der Waals surface area contributed by atoms with E-state index >= 15 is 0 Å². The van der Waals surface area contributed by atoms with E-state index in [1.54, 1.807) is 24.2 Å². The van der Waals surface area contributed by atoms with Gasteiger partial charge < -0.3 is 15.0 Å². The SMILES string of the molecule is C#CC#CC#CC#CC#CC#CC#CC#CC#CC#CC.CC(C)(C)OC(=O)N1CC[C@@H](Nc2nc(Cl)nc3cnccc23)C1. The van der Waals surface area contributed by atoms with Crippen LogP contribution in [0.1, 0.15) is 34.1 Å². The highest BCUT2D eigenvalue weighted by atomic mass is 35.5. The highest BCUT2D eigenvalue weighted by Gasteiger charge is 2.30. The van der Waals surface area contributed by atoms with Gasteiger partial charge in [-0.1, -0.05) is 5.92 Å². The van der Waals surface area contributed by atoms with E-state index in [1.165, 1.54) is 0 Å². The maximum absolute atomic E-state index is 12.1. The Labute approximate surface area is 270 Å². The molecule has 3 rings (SSSR count). The van der Waals surface area contributed by atoms with Gasteiger partial charge in [-0.15, -0.1) is 6.42 Å². The average molecular weight is 606 g/mol. The molecular weight excluding hydrogens is 582 g/mol. The Bertz CT molecular complexity index is 2050. The number of hydrogen-bond acceptors (Lipinski definition) is 6. The molecule has 1 N–H and O–H groups in total. The van der Waals surface area contributed by atoms with Gasteiger partial charge in [-0.05, 0) is 147 Å². The van der Waals surface area contributed by atoms with Crippen molar-refractivity contribution in [1.29, 1.82) is 0 Å². The molecule has 1 atom stereocenters. The van der Waals surface area contributed by atoms with Gasteiger partial charge in [0.1, 0.15) is 11.4 Å². The smallest absolute Gasteiger partial charge is 0.410 e. The number of pyridine rings is 1. The molecule has 0 unspecified atom stereocenters. The summed E-state index contributed by atoms with van der Waals surface area (Å²) >= 11 is 5.99. The number of likely N-dealkylation sites (tertiary alicyclic amines) is 1. The van der Waals surface area contributed by atoms with Gasteiger partial charge in [-0.3, -0.25) is 4.98 Å². The summed E-state index contributed by atoms with van der Waals surface area (Å²) in [6, 6.07) is 1.93. The van der Waals surface area contributed by atoms with E-state index < -0.39 is 5.60 Å². The van der Waals surface area contributed by atoms with Crippen LogP contribution in [-0.4, -0.2) is 50.7 Å². The topological polar surface area (TPSA) is 80.2 Å². The summed E-state index contributed by atoms with van der Waals surface area (Å²) in [5.74, 6) is 47.6. The monoisotopic (exact) mass is 605 g/mol. The first-order chi connectivity index (χ1) is 21.7. The number of carbonyl (C=O) groups is 1. The maximum atomic E-state index is 12.1. The number of nitrogens with zero attached hydrogens (tertiary/aromatic N) is 4. The van der Waals surface area contributed by atoms with Crippen LogP contribution in [0.15, 0.2) is 18.5 Å². The van der Waals surface area contributed by atoms with Crippen LogP contribution in [0.3, 0.4) is 0 Å². The van der Waals surface area contributed by atoms with Crippen molar-refractivity contribution in [3.8, 4) is 119 Å². The largest absolute Gasteiger partial charge is 0.444 e. The van der Waals surface area contributed by atoms with Gasteiger partial charge in [0.2, 0.25) is 5.28 Å². The predicted octanol–water partition coefficient (Wildman–Crippen LogP) is 3.77. The molecular formula is C37H24ClN5O2. The molecule has 0 bridgehead atoms. The molecule has 8 heteroatoms. The summed E-state index contributed by atoms with van der Waals surface area (Å²) in [5, 5.41) is 4.38. The van der Waals surface area contributed by atoms with Crippen molar-refractivity contribution in [2.45, 2.75) is 45.8 Å². The van der Waals surface area contributed by atoms with Gasteiger partial charge in [0.15, 0.2) is 0 Å². The average Bonchev–Trinajstić information content (AvgIpc) is 3.47. The number of amides is 1. The summed E-state index contributed by atoms with van der Waals surface area (Å²) in [6.45, 7) is 8.48. The molecule has 0 spiro atoms. The first-order valence-corrected chi connectivity index (χ1v) is 13.5. The minimum atomic E-state index is -0.494. The first-order valence-electron chi connectivity index (χ1n) is 13.1. The molecule has 3 heterocycles. The van der Waals surface area contributed by atoms with Crippen molar-refractivity contribution in [2.75, 3.05) is 18.4 Å². The standard InChI is InChI=1S/C21H4.C16H20ClN5O2/c1-3-5-7-9-11-13-15-17-19-21-20-18-16-14-12-10-8-6-4-2;1-16(2,3)24-15(23)22-7-5-10(9-22)19-13-11-4-6-18-8-12(11)20-14(17)21-13/h1H,2H3;4,6,8,10H,5,7,9H2,1-3H3,(H,19,20,21)/t;10-/m.1/s1. The lowest BCUT2D eigenvalue weighted by Crippen LogP contribution is -2.36. The Morgan fingerprint density at radius 2 is 1.44 bits per heavy atom. The van der Waals surface area contributed by atoms with Crippen LogP contribution in [0.5, 0.6) is 0 Å². The zero-order valence-electron chi connectivity index (χ0n) is 25.0. The van der Waals surface area contributed by atoms with Gasteiger partial charge >= 0.3 is 6.09 Å². The number of fused-ring (bicyclic) bond motifs is 1. The molecule has 2 aromatic rings. The molecule has 1 saturated heterocycles. The number of aromatic nitrogens is 3. The van der Waals surface area contributed by atoms with E-state index in [9.17, 15) is 4.79 Å². The Morgan fingerprint density at radius 3 is 1.96 bits per heavy atom. The molecule has 1 amide bonds. The molecule has 1 aliphatic rings. The molecule has 0 aliphatic carbocycles. The van der Waals surface area contributed by atoms with Crippen molar-refractivity contribution < 1.29 is 9.53 Å². The van der Waals surface area contributed by atoms with Crippen LogP contribution in [0.4, 0.5) is 10.6 Å². The van der Waals surface area contributed by atoms with Crippen LogP contribution in [0.25, 0.3) is 10.9 Å². The first kappa shape index (κ1) is 34.7. The normalized spacial score (nSPS) is 11.4. The Hall–Kier alpha value is -6.55. The second kappa shape index (κ2) is 19.5. The van der Waals surface area contributed by atoms with Gasteiger partial charge in [0.25, 0.3) is 0 Å². The number of anilines is 1. The lowest BCUT2D eigenvalue weighted by atomic mass is 10.2. The third-order valence-corrected chi connectivity index (χ3v) is 5.02. The summed E-state index contributed by atoms with van der Waals surface area (Å²) < 4.78 is 5.41. The molecule has 0 saturated carbocycles. The fraction of sp³-hybridized carbons (Fsp3) is 0.243. The van der Waals surface area contributed by atoms with Crippen molar-refractivity contribution in [3.63, 3.8) is 0 Å². The number of nitrogens with one attached hydrogen (secondary N) is 1. The van der Waals surface area contributed by atoms with Crippen LogP contribution in [0, 0.1) is 119 Å². The zero-order chi connectivity index (χ0) is 32.8. The van der Waals surface area contributed by atoms with Crippen LogP contribution >= 0.6 is 11.6 Å². The molecule has 1 aliphatic heterocycles. The number of terminal acetylenes is 1. The predicted molar refractivity (Wildman–Crippen MR) is 177 cm³/mol. The minimum absolute atomic E-state index is 0.0832. The second-order valence-corrected chi connectivity index (χ2v) is 9.65. The summed E-state index contributed by atoms with van der Waals surface area (Å²) in [5.41, 5.74) is 0.188. The number of ether oxygens (including phenoxy) is 1. The number of rotatable bonds is 2. The molecule has 45 heavy (non-hydrogen) atoms. The summed E-state index contributed by atoms with van der Waals surface area (Å²) in [6.07, 6.45) is 8.76. The maximum Gasteiger partial charge on any atom is 0.410 e. The van der Waals surface area contributed by atoms with Gasteiger partial charge in [0.05, 0.1) is 11.7 Å². The van der Waals surface area contributed by atoms with Gasteiger partial charge in [-0.25, -0.2) is 14.8 Å². The zero-order valence-corrected chi connectivity index (χ0v) is 25.7. The lowest BCUT2D eigenvalue weighted by molar-refractivity contribution is 0.0293. The van der Waals surface area contributed by atoms with Crippen LogP contribution < -0.4 is 5.32 Å². The van der Waals surface area contributed by atoms with E-state index in [0.717, 1.165) is 11.8 Å². The summed E-state index contributed by atoms with van der Waals surface area (Å²) in [7, 11) is 0. The van der Waals surface area contributed by atoms with Crippen molar-refractivity contribution in [2.24, 2.45) is 0 Å². The minimum Gasteiger partial charge on any atom is -0.444 e. The second-order valence-electron chi connectivity index (χ2n) is 9.31. The van der Waals surface area contributed by atoms with Crippen molar-refractivity contribution in [1.82, 2.24) is 19.9 Å². The van der Waals surface area contributed by atoms with E-state index in [2.05, 4.69) is 133 Å². The van der Waals surface area contributed by atoms with Crippen molar-refractivity contribution >= 4 is 34.4 Å². The molecule has 0 radical (unpaired) electrons. The summed E-state index contributed by atoms with van der Waals surface area (Å²) in [4.78, 5) is 26.3. The van der Waals surface area contributed by atoms with E-state index in [1.807, 2.05) is 26.8 Å². The highest BCUT2D eigenvalue weighted by Crippen LogP contribution is 2.24. The van der Waals surface area contributed by atoms with Gasteiger partial charge in [-0.2, -0.15) is 0 Å². The van der Waals surface area contributed by atoms with Gasteiger partial charge in [0, 0.05) is 42.6 Å². The third-order valence-electron chi connectivity index (χ3n) is 4.85. The molecule has 7 nitrogen and oxygen atoms in total. The Balaban J connectivity index is 0.000000318. The van der Waals surface area contributed by atoms with Crippen molar-refractivity contribution in [3.05, 3.63) is 23.7 Å². The lowest BCUT2D eigenvalue weighted by Gasteiger charge is -2.24. The molecule has 1 fully saturated rings. The van der Waals surface area contributed by atoms with E-state index in [-0.39, 0.29) is 17.4 Å².